The molecule has 0 N–H and O–H groups in total. The molecule has 0 unspecified atom stereocenters. The molecule has 1 aromatic carbocycles. The summed E-state index contributed by atoms with van der Waals surface area (Å²) in [4.78, 5) is 5.16. The maximum Gasteiger partial charge on any atom is 0.387 e. The Morgan fingerprint density at radius 3 is 2.42 bits per heavy atom. The van der Waals surface area contributed by atoms with E-state index < -0.39 is 6.61 Å². The minimum atomic E-state index is -2.76. The standard InChI is InChI=1S/C19H28F2N2O/c20-19(21)24-18-8-6-16(7-9-18)15-23-13-2-1-5-17(23)10-14-22-11-3-4-12-22/h6-9,17,19H,1-5,10-15H2/t17-/m0/s1. The summed E-state index contributed by atoms with van der Waals surface area (Å²) < 4.78 is 28.9. The zero-order valence-corrected chi connectivity index (χ0v) is 14.3. The summed E-state index contributed by atoms with van der Waals surface area (Å²) in [6, 6.07) is 7.75. The van der Waals surface area contributed by atoms with Gasteiger partial charge in [-0.2, -0.15) is 8.78 Å². The van der Waals surface area contributed by atoms with Gasteiger partial charge in [0.1, 0.15) is 5.75 Å². The van der Waals surface area contributed by atoms with Crippen LogP contribution in [0.2, 0.25) is 0 Å². The molecule has 1 atom stereocenters. The monoisotopic (exact) mass is 338 g/mol. The molecule has 0 saturated carbocycles. The van der Waals surface area contributed by atoms with Crippen LogP contribution in [0.15, 0.2) is 24.3 Å². The van der Waals surface area contributed by atoms with Gasteiger partial charge in [-0.1, -0.05) is 18.6 Å². The van der Waals surface area contributed by atoms with Crippen LogP contribution in [0.1, 0.15) is 44.1 Å². The van der Waals surface area contributed by atoms with Gasteiger partial charge in [-0.15, -0.1) is 0 Å². The van der Waals surface area contributed by atoms with Crippen molar-refractivity contribution in [2.24, 2.45) is 0 Å². The van der Waals surface area contributed by atoms with Gasteiger partial charge in [0, 0.05) is 12.6 Å². The molecule has 0 bridgehead atoms. The molecule has 2 fully saturated rings. The molecule has 0 aromatic heterocycles. The second-order valence-electron chi connectivity index (χ2n) is 6.98. The first-order valence-corrected chi connectivity index (χ1v) is 9.21. The SMILES string of the molecule is FC(F)Oc1ccc(CN2CCCC[C@H]2CCN2CCCC2)cc1. The first-order valence-electron chi connectivity index (χ1n) is 9.21. The number of ether oxygens (including phenoxy) is 1. The lowest BCUT2D eigenvalue weighted by atomic mass is 9.98. The van der Waals surface area contributed by atoms with E-state index in [9.17, 15) is 8.78 Å². The predicted molar refractivity (Wildman–Crippen MR) is 91.4 cm³/mol. The van der Waals surface area contributed by atoms with E-state index in [1.165, 1.54) is 63.7 Å². The van der Waals surface area contributed by atoms with Gasteiger partial charge in [0.25, 0.3) is 0 Å². The average molecular weight is 338 g/mol. The Bertz CT molecular complexity index is 489. The molecular weight excluding hydrogens is 310 g/mol. The summed E-state index contributed by atoms with van der Waals surface area (Å²) in [5, 5.41) is 0. The average Bonchev–Trinajstić information content (AvgIpc) is 3.09. The molecule has 0 spiro atoms. The van der Waals surface area contributed by atoms with Gasteiger partial charge in [-0.3, -0.25) is 4.90 Å². The number of benzene rings is 1. The third-order valence-electron chi connectivity index (χ3n) is 5.26. The number of likely N-dealkylation sites (tertiary alicyclic amines) is 2. The van der Waals surface area contributed by atoms with E-state index >= 15 is 0 Å². The van der Waals surface area contributed by atoms with Crippen LogP contribution in [0.3, 0.4) is 0 Å². The Hall–Kier alpha value is -1.20. The smallest absolute Gasteiger partial charge is 0.387 e. The highest BCUT2D eigenvalue weighted by Gasteiger charge is 2.23. The van der Waals surface area contributed by atoms with Gasteiger partial charge in [-0.05, 0) is 76.0 Å². The fourth-order valence-corrected chi connectivity index (χ4v) is 3.94. The highest BCUT2D eigenvalue weighted by atomic mass is 19.3. The molecule has 3 rings (SSSR count). The number of hydrogen-bond donors (Lipinski definition) is 0. The van der Waals surface area contributed by atoms with Crippen molar-refractivity contribution in [3.8, 4) is 5.75 Å². The molecule has 1 aromatic rings. The van der Waals surface area contributed by atoms with Crippen LogP contribution in [0.5, 0.6) is 5.75 Å². The highest BCUT2D eigenvalue weighted by molar-refractivity contribution is 5.27. The first-order chi connectivity index (χ1) is 11.7. The van der Waals surface area contributed by atoms with Gasteiger partial charge in [0.15, 0.2) is 0 Å². The zero-order valence-electron chi connectivity index (χ0n) is 14.3. The Balaban J connectivity index is 1.52. The summed E-state index contributed by atoms with van der Waals surface area (Å²) in [7, 11) is 0. The van der Waals surface area contributed by atoms with Gasteiger partial charge >= 0.3 is 6.61 Å². The van der Waals surface area contributed by atoms with Crippen LogP contribution in [-0.2, 0) is 6.54 Å². The summed E-state index contributed by atoms with van der Waals surface area (Å²) in [5.74, 6) is 0.234. The van der Waals surface area contributed by atoms with E-state index in [0.717, 1.165) is 13.1 Å². The van der Waals surface area contributed by atoms with Crippen molar-refractivity contribution < 1.29 is 13.5 Å². The largest absolute Gasteiger partial charge is 0.435 e. The summed E-state index contributed by atoms with van der Waals surface area (Å²) in [6.07, 6.45) is 7.80. The Morgan fingerprint density at radius 2 is 1.71 bits per heavy atom. The van der Waals surface area contributed by atoms with E-state index in [2.05, 4.69) is 14.5 Å². The minimum absolute atomic E-state index is 0.234. The molecule has 3 nitrogen and oxygen atoms in total. The fourth-order valence-electron chi connectivity index (χ4n) is 3.94. The van der Waals surface area contributed by atoms with Crippen molar-refractivity contribution in [3.05, 3.63) is 29.8 Å². The van der Waals surface area contributed by atoms with Crippen molar-refractivity contribution in [3.63, 3.8) is 0 Å². The lowest BCUT2D eigenvalue weighted by Gasteiger charge is -2.36. The predicted octanol–water partition coefficient (Wildman–Crippen LogP) is 4.13. The van der Waals surface area contributed by atoms with Crippen molar-refractivity contribution in [1.29, 1.82) is 0 Å². The van der Waals surface area contributed by atoms with Crippen LogP contribution in [-0.4, -0.2) is 48.6 Å². The molecule has 2 saturated heterocycles. The Kier molecular flexibility index (Phi) is 6.44. The van der Waals surface area contributed by atoms with Gasteiger partial charge < -0.3 is 9.64 Å². The van der Waals surface area contributed by atoms with Gasteiger partial charge in [0.2, 0.25) is 0 Å². The number of rotatable bonds is 7. The number of halogens is 2. The quantitative estimate of drug-likeness (QED) is 0.743. The van der Waals surface area contributed by atoms with Crippen LogP contribution in [0.4, 0.5) is 8.78 Å². The molecule has 2 aliphatic rings. The number of piperidine rings is 1. The molecule has 0 aliphatic carbocycles. The van der Waals surface area contributed by atoms with Crippen LogP contribution in [0, 0.1) is 0 Å². The summed E-state index contributed by atoms with van der Waals surface area (Å²) >= 11 is 0. The van der Waals surface area contributed by atoms with E-state index in [1.807, 2.05) is 12.1 Å². The molecule has 5 heteroatoms. The van der Waals surface area contributed by atoms with Gasteiger partial charge in [-0.25, -0.2) is 0 Å². The number of hydrogen-bond acceptors (Lipinski definition) is 3. The topological polar surface area (TPSA) is 15.7 Å². The van der Waals surface area contributed by atoms with Crippen molar-refractivity contribution >= 4 is 0 Å². The van der Waals surface area contributed by atoms with E-state index in [4.69, 9.17) is 0 Å². The third kappa shape index (κ3) is 5.15. The molecule has 2 heterocycles. The second-order valence-corrected chi connectivity index (χ2v) is 6.98. The Labute approximate surface area is 143 Å². The third-order valence-corrected chi connectivity index (χ3v) is 5.26. The lowest BCUT2D eigenvalue weighted by Crippen LogP contribution is -2.40. The lowest BCUT2D eigenvalue weighted by molar-refractivity contribution is -0.0498. The Morgan fingerprint density at radius 1 is 1.00 bits per heavy atom. The number of alkyl halides is 2. The van der Waals surface area contributed by atoms with Gasteiger partial charge in [0.05, 0.1) is 0 Å². The van der Waals surface area contributed by atoms with Crippen LogP contribution < -0.4 is 4.74 Å². The first kappa shape index (κ1) is 17.6. The minimum Gasteiger partial charge on any atom is -0.435 e. The zero-order chi connectivity index (χ0) is 16.8. The van der Waals surface area contributed by atoms with E-state index in [-0.39, 0.29) is 5.75 Å². The molecule has 24 heavy (non-hydrogen) atoms. The molecule has 134 valence electrons. The summed E-state index contributed by atoms with van der Waals surface area (Å²) in [5.41, 5.74) is 1.17. The second kappa shape index (κ2) is 8.77. The van der Waals surface area contributed by atoms with Crippen molar-refractivity contribution in [2.75, 3.05) is 26.2 Å². The normalized spacial score (nSPS) is 23.0. The molecule has 2 aliphatic heterocycles. The maximum atomic E-state index is 12.2. The number of nitrogens with zero attached hydrogens (tertiary/aromatic N) is 2. The van der Waals surface area contributed by atoms with Crippen molar-refractivity contribution in [1.82, 2.24) is 9.80 Å². The van der Waals surface area contributed by atoms with E-state index in [1.54, 1.807) is 12.1 Å². The fraction of sp³-hybridized carbons (Fsp3) is 0.684. The van der Waals surface area contributed by atoms with Crippen molar-refractivity contribution in [2.45, 2.75) is 57.7 Å². The molecule has 0 amide bonds. The maximum absolute atomic E-state index is 12.2. The van der Waals surface area contributed by atoms with Crippen LogP contribution >= 0.6 is 0 Å². The molecular formula is C19H28F2N2O. The van der Waals surface area contributed by atoms with Crippen LogP contribution in [0.25, 0.3) is 0 Å². The highest BCUT2D eigenvalue weighted by Crippen LogP contribution is 2.24. The molecule has 0 radical (unpaired) electrons. The summed E-state index contributed by atoms with van der Waals surface area (Å²) in [6.45, 7) is 3.02. The van der Waals surface area contributed by atoms with E-state index in [0.29, 0.717) is 6.04 Å².